The maximum absolute atomic E-state index is 13.0. The molecule has 1 heterocycles. The van der Waals surface area contributed by atoms with Crippen molar-refractivity contribution in [1.29, 1.82) is 0 Å². The zero-order chi connectivity index (χ0) is 23.4. The number of nitrogens with one attached hydrogen (secondary N) is 2. The third kappa shape index (κ3) is 6.52. The molecular formula is C21H30FN3O5S. The van der Waals surface area contributed by atoms with Crippen molar-refractivity contribution in [3.63, 3.8) is 0 Å². The molecule has 1 unspecified atom stereocenters. The van der Waals surface area contributed by atoms with Crippen molar-refractivity contribution in [3.8, 4) is 0 Å². The molecule has 1 aromatic heterocycles. The van der Waals surface area contributed by atoms with Crippen LogP contribution >= 0.6 is 0 Å². The number of allylic oxidation sites excluding steroid dienone is 6. The fourth-order valence-electron chi connectivity index (χ4n) is 3.16. The summed E-state index contributed by atoms with van der Waals surface area (Å²) in [6.45, 7) is 4.29. The number of rotatable bonds is 10. The lowest BCUT2D eigenvalue weighted by atomic mass is 10.2. The molecule has 0 bridgehead atoms. The van der Waals surface area contributed by atoms with Gasteiger partial charge < -0.3 is 20.1 Å². The van der Waals surface area contributed by atoms with E-state index in [4.69, 9.17) is 5.11 Å². The van der Waals surface area contributed by atoms with Crippen molar-refractivity contribution in [3.05, 3.63) is 57.9 Å². The summed E-state index contributed by atoms with van der Waals surface area (Å²) in [7, 11) is -2.38. The molecule has 0 aromatic carbocycles. The van der Waals surface area contributed by atoms with E-state index in [2.05, 4.69) is 10.0 Å². The second-order valence-electron chi connectivity index (χ2n) is 8.00. The molecule has 10 heteroatoms. The molecule has 1 aliphatic rings. The quantitative estimate of drug-likeness (QED) is 0.403. The normalized spacial score (nSPS) is 18.0. The van der Waals surface area contributed by atoms with Crippen LogP contribution in [0.3, 0.4) is 0 Å². The van der Waals surface area contributed by atoms with E-state index in [9.17, 15) is 22.7 Å². The van der Waals surface area contributed by atoms with Crippen molar-refractivity contribution in [2.24, 2.45) is 7.05 Å². The Bertz CT molecular complexity index is 1060. The van der Waals surface area contributed by atoms with Crippen LogP contribution in [0.25, 0.3) is 0 Å². The summed E-state index contributed by atoms with van der Waals surface area (Å²) in [4.78, 5) is 12.1. The van der Waals surface area contributed by atoms with Crippen LogP contribution in [-0.4, -0.2) is 40.7 Å². The van der Waals surface area contributed by atoms with Crippen LogP contribution < -0.4 is 15.6 Å². The maximum atomic E-state index is 13.0. The van der Waals surface area contributed by atoms with Gasteiger partial charge in [0.2, 0.25) is 10.0 Å². The predicted octanol–water partition coefficient (Wildman–Crippen LogP) is 2.54. The molecule has 0 radical (unpaired) electrons. The first-order valence-corrected chi connectivity index (χ1v) is 11.4. The minimum atomic E-state index is -3.89. The number of hydrogen-bond donors (Lipinski definition) is 4. The van der Waals surface area contributed by atoms with Gasteiger partial charge in [0.1, 0.15) is 0 Å². The summed E-state index contributed by atoms with van der Waals surface area (Å²) in [5.74, 6) is -0.323. The van der Waals surface area contributed by atoms with Crippen LogP contribution in [-0.2, 0) is 17.1 Å². The number of hydrogen-bond acceptors (Lipinski definition) is 6. The maximum Gasteiger partial charge on any atom is 0.252 e. The number of aliphatic hydroxyl groups is 2. The van der Waals surface area contributed by atoms with Crippen molar-refractivity contribution in [2.75, 3.05) is 16.6 Å². The van der Waals surface area contributed by atoms with Gasteiger partial charge in [-0.05, 0) is 57.8 Å². The Morgan fingerprint density at radius 1 is 1.29 bits per heavy atom. The third-order valence-corrected chi connectivity index (χ3v) is 7.23. The first-order chi connectivity index (χ1) is 14.4. The molecular weight excluding hydrogens is 425 g/mol. The van der Waals surface area contributed by atoms with E-state index in [-0.39, 0.29) is 29.2 Å². The standard InChI is InChI=1S/C21H30FN3O5S/c1-14(9-15(2)22)5-6-16(3)23-18-10-20(28)25(4)12-19(18)24-31(29,30)21(7-8-21)11-17(27)13-26/h5-6,9-10,12,17,23-24,26-27H,7-8,11,13H2,1-4H3/b14-5-,15-9+,16-6+. The highest BCUT2D eigenvalue weighted by atomic mass is 32.2. The summed E-state index contributed by atoms with van der Waals surface area (Å²) in [5, 5.41) is 21.8. The largest absolute Gasteiger partial charge is 0.394 e. The Kier molecular flexibility index (Phi) is 7.85. The Labute approximate surface area is 181 Å². The topological polar surface area (TPSA) is 121 Å². The molecule has 1 saturated carbocycles. The lowest BCUT2D eigenvalue weighted by Gasteiger charge is -2.22. The number of halogens is 1. The average molecular weight is 456 g/mol. The molecule has 0 saturated heterocycles. The molecule has 0 amide bonds. The Morgan fingerprint density at radius 3 is 2.48 bits per heavy atom. The number of nitrogens with zero attached hydrogens (tertiary/aromatic N) is 1. The van der Waals surface area contributed by atoms with E-state index in [0.29, 0.717) is 24.1 Å². The van der Waals surface area contributed by atoms with Crippen LogP contribution in [0, 0.1) is 0 Å². The van der Waals surface area contributed by atoms with E-state index in [1.807, 2.05) is 0 Å². The van der Waals surface area contributed by atoms with Gasteiger partial charge in [0, 0.05) is 25.0 Å². The highest BCUT2D eigenvalue weighted by molar-refractivity contribution is 7.94. The monoisotopic (exact) mass is 455 g/mol. The van der Waals surface area contributed by atoms with Gasteiger partial charge in [-0.15, -0.1) is 0 Å². The Morgan fingerprint density at radius 2 is 1.94 bits per heavy atom. The van der Waals surface area contributed by atoms with Crippen molar-refractivity contribution in [2.45, 2.75) is 50.9 Å². The number of pyridine rings is 1. The lowest BCUT2D eigenvalue weighted by Crippen LogP contribution is -2.35. The highest BCUT2D eigenvalue weighted by Crippen LogP contribution is 2.48. The highest BCUT2D eigenvalue weighted by Gasteiger charge is 2.55. The summed E-state index contributed by atoms with van der Waals surface area (Å²) in [6, 6.07) is 1.28. The minimum absolute atomic E-state index is 0.0716. The molecule has 2 rings (SSSR count). The summed E-state index contributed by atoms with van der Waals surface area (Å²) in [5.41, 5.74) is 1.40. The summed E-state index contributed by atoms with van der Waals surface area (Å²) < 4.78 is 41.6. The van der Waals surface area contributed by atoms with Crippen LogP contribution in [0.5, 0.6) is 0 Å². The predicted molar refractivity (Wildman–Crippen MR) is 120 cm³/mol. The number of aliphatic hydroxyl groups excluding tert-OH is 2. The smallest absolute Gasteiger partial charge is 0.252 e. The molecule has 1 aliphatic carbocycles. The second kappa shape index (κ2) is 9.80. The molecule has 4 N–H and O–H groups in total. The molecule has 8 nitrogen and oxygen atoms in total. The van der Waals surface area contributed by atoms with E-state index in [1.165, 1.54) is 36.9 Å². The van der Waals surface area contributed by atoms with E-state index in [1.54, 1.807) is 26.0 Å². The van der Waals surface area contributed by atoms with Crippen molar-refractivity contribution in [1.82, 2.24) is 4.57 Å². The van der Waals surface area contributed by atoms with Gasteiger partial charge in [-0.3, -0.25) is 9.52 Å². The SMILES string of the molecule is CC(=C/C=C(\C)Nc1cc(=O)n(C)cc1NS(=O)(=O)C1(CC(O)CO)CC1)/C=C(\C)F. The first kappa shape index (κ1) is 24.8. The van der Waals surface area contributed by atoms with Crippen LogP contribution in [0.15, 0.2) is 52.4 Å². The van der Waals surface area contributed by atoms with E-state index >= 15 is 0 Å². The van der Waals surface area contributed by atoms with Crippen molar-refractivity contribution < 1.29 is 23.0 Å². The number of anilines is 2. The third-order valence-electron chi connectivity index (χ3n) is 5.02. The van der Waals surface area contributed by atoms with E-state index in [0.717, 1.165) is 0 Å². The van der Waals surface area contributed by atoms with Crippen LogP contribution in [0.1, 0.15) is 40.0 Å². The summed E-state index contributed by atoms with van der Waals surface area (Å²) >= 11 is 0. The molecule has 1 fully saturated rings. The second-order valence-corrected chi connectivity index (χ2v) is 10.1. The van der Waals surface area contributed by atoms with Gasteiger partial charge in [-0.1, -0.05) is 6.08 Å². The minimum Gasteiger partial charge on any atom is -0.394 e. The van der Waals surface area contributed by atoms with Gasteiger partial charge >= 0.3 is 0 Å². The molecule has 1 atom stereocenters. The molecule has 31 heavy (non-hydrogen) atoms. The lowest BCUT2D eigenvalue weighted by molar-refractivity contribution is 0.0858. The average Bonchev–Trinajstić information content (AvgIpc) is 3.44. The van der Waals surface area contributed by atoms with Gasteiger partial charge in [0.15, 0.2) is 0 Å². The van der Waals surface area contributed by atoms with Gasteiger partial charge in [0.25, 0.3) is 5.56 Å². The fourth-order valence-corrected chi connectivity index (χ4v) is 4.88. The zero-order valence-corrected chi connectivity index (χ0v) is 19.0. The van der Waals surface area contributed by atoms with Gasteiger partial charge in [-0.2, -0.15) is 0 Å². The van der Waals surface area contributed by atoms with Crippen molar-refractivity contribution >= 4 is 21.4 Å². The number of aromatic nitrogens is 1. The molecule has 1 aromatic rings. The first-order valence-electron chi connectivity index (χ1n) is 9.87. The summed E-state index contributed by atoms with van der Waals surface area (Å²) in [6.07, 6.45) is 5.67. The van der Waals surface area contributed by atoms with Crippen LogP contribution in [0.4, 0.5) is 15.8 Å². The molecule has 172 valence electrons. The van der Waals surface area contributed by atoms with Gasteiger partial charge in [-0.25, -0.2) is 12.8 Å². The Balaban J connectivity index is 2.32. The van der Waals surface area contributed by atoms with E-state index < -0.39 is 27.5 Å². The molecule has 0 aliphatic heterocycles. The zero-order valence-electron chi connectivity index (χ0n) is 18.1. The number of aryl methyl sites for hydroxylation is 1. The number of sulfonamides is 1. The fraction of sp³-hybridized carbons (Fsp3) is 0.476. The Hall–Kier alpha value is -2.43. The van der Waals surface area contributed by atoms with Gasteiger partial charge in [0.05, 0.1) is 34.7 Å². The van der Waals surface area contributed by atoms with Crippen LogP contribution in [0.2, 0.25) is 0 Å². The molecule has 0 spiro atoms.